The van der Waals surface area contributed by atoms with Gasteiger partial charge in [0.15, 0.2) is 0 Å². The van der Waals surface area contributed by atoms with E-state index in [-0.39, 0.29) is 5.60 Å². The lowest BCUT2D eigenvalue weighted by molar-refractivity contribution is -0.0311. The van der Waals surface area contributed by atoms with Gasteiger partial charge in [0, 0.05) is 19.1 Å². The molecule has 0 aliphatic carbocycles. The molecule has 0 saturated carbocycles. The SMILES string of the molecule is CC1(C)CCC(CN2CCC[C@@H](N)C2)O1. The van der Waals surface area contributed by atoms with Crippen molar-refractivity contribution in [3.8, 4) is 0 Å². The fourth-order valence-corrected chi connectivity index (χ4v) is 2.75. The molecule has 0 amide bonds. The van der Waals surface area contributed by atoms with Crippen molar-refractivity contribution in [2.45, 2.75) is 57.3 Å². The smallest absolute Gasteiger partial charge is 0.0710 e. The van der Waals surface area contributed by atoms with E-state index in [9.17, 15) is 0 Å². The summed E-state index contributed by atoms with van der Waals surface area (Å²) >= 11 is 0. The first kappa shape index (κ1) is 11.4. The van der Waals surface area contributed by atoms with Crippen LogP contribution in [0, 0.1) is 0 Å². The highest BCUT2D eigenvalue weighted by molar-refractivity contribution is 4.84. The monoisotopic (exact) mass is 212 g/mol. The van der Waals surface area contributed by atoms with Gasteiger partial charge >= 0.3 is 0 Å². The quantitative estimate of drug-likeness (QED) is 0.751. The second-order valence-corrected chi connectivity index (χ2v) is 5.70. The summed E-state index contributed by atoms with van der Waals surface area (Å²) in [7, 11) is 0. The van der Waals surface area contributed by atoms with Crippen molar-refractivity contribution in [2.75, 3.05) is 19.6 Å². The minimum absolute atomic E-state index is 0.0998. The molecule has 0 aromatic rings. The zero-order chi connectivity index (χ0) is 10.9. The average molecular weight is 212 g/mol. The Kier molecular flexibility index (Phi) is 3.33. The van der Waals surface area contributed by atoms with Crippen molar-refractivity contribution in [1.82, 2.24) is 4.90 Å². The molecule has 2 atom stereocenters. The lowest BCUT2D eigenvalue weighted by Gasteiger charge is -2.32. The van der Waals surface area contributed by atoms with Gasteiger partial charge in [0.05, 0.1) is 11.7 Å². The zero-order valence-corrected chi connectivity index (χ0v) is 10.0. The molecule has 0 radical (unpaired) electrons. The molecule has 0 aromatic heterocycles. The van der Waals surface area contributed by atoms with E-state index in [0.717, 1.165) is 13.1 Å². The molecule has 15 heavy (non-hydrogen) atoms. The molecular formula is C12H24N2O. The molecule has 2 heterocycles. The summed E-state index contributed by atoms with van der Waals surface area (Å²) in [6, 6.07) is 0.383. The minimum Gasteiger partial charge on any atom is -0.371 e. The Morgan fingerprint density at radius 3 is 2.80 bits per heavy atom. The molecule has 0 spiro atoms. The molecule has 2 N–H and O–H groups in total. The number of hydrogen-bond acceptors (Lipinski definition) is 3. The summed E-state index contributed by atoms with van der Waals surface area (Å²) in [5.41, 5.74) is 6.07. The molecule has 2 aliphatic rings. The molecule has 0 aromatic carbocycles. The topological polar surface area (TPSA) is 38.5 Å². The summed E-state index contributed by atoms with van der Waals surface area (Å²) in [4.78, 5) is 2.47. The van der Waals surface area contributed by atoms with Gasteiger partial charge in [-0.15, -0.1) is 0 Å². The molecular weight excluding hydrogens is 188 g/mol. The van der Waals surface area contributed by atoms with Gasteiger partial charge in [-0.1, -0.05) is 0 Å². The van der Waals surface area contributed by atoms with Gasteiger partial charge in [-0.25, -0.2) is 0 Å². The van der Waals surface area contributed by atoms with Gasteiger partial charge in [0.1, 0.15) is 0 Å². The summed E-state index contributed by atoms with van der Waals surface area (Å²) < 4.78 is 6.00. The third-order valence-corrected chi connectivity index (χ3v) is 3.56. The Morgan fingerprint density at radius 1 is 1.40 bits per heavy atom. The van der Waals surface area contributed by atoms with E-state index in [4.69, 9.17) is 10.5 Å². The maximum atomic E-state index is 6.00. The van der Waals surface area contributed by atoms with Crippen LogP contribution >= 0.6 is 0 Å². The summed E-state index contributed by atoms with van der Waals surface area (Å²) in [6.07, 6.45) is 5.27. The summed E-state index contributed by atoms with van der Waals surface area (Å²) in [5, 5.41) is 0. The number of ether oxygens (including phenoxy) is 1. The van der Waals surface area contributed by atoms with E-state index in [1.165, 1.54) is 32.2 Å². The number of hydrogen-bond donors (Lipinski definition) is 1. The molecule has 2 fully saturated rings. The standard InChI is InChI=1S/C12H24N2O/c1-12(2)6-5-11(15-12)9-14-7-3-4-10(13)8-14/h10-11H,3-9,13H2,1-2H3/t10-,11?/m1/s1. The van der Waals surface area contributed by atoms with Gasteiger partial charge in [-0.05, 0) is 46.1 Å². The van der Waals surface area contributed by atoms with Crippen LogP contribution in [0.1, 0.15) is 39.5 Å². The van der Waals surface area contributed by atoms with Crippen molar-refractivity contribution in [3.63, 3.8) is 0 Å². The van der Waals surface area contributed by atoms with E-state index in [0.29, 0.717) is 12.1 Å². The fourth-order valence-electron chi connectivity index (χ4n) is 2.75. The molecule has 1 unspecified atom stereocenters. The van der Waals surface area contributed by atoms with Crippen molar-refractivity contribution in [1.29, 1.82) is 0 Å². The van der Waals surface area contributed by atoms with E-state index in [2.05, 4.69) is 18.7 Å². The first-order valence-corrected chi connectivity index (χ1v) is 6.21. The first-order valence-electron chi connectivity index (χ1n) is 6.21. The van der Waals surface area contributed by atoms with Gasteiger partial charge < -0.3 is 10.5 Å². The van der Waals surface area contributed by atoms with Crippen LogP contribution in [0.15, 0.2) is 0 Å². The van der Waals surface area contributed by atoms with E-state index in [1.54, 1.807) is 0 Å². The fraction of sp³-hybridized carbons (Fsp3) is 1.00. The number of piperidine rings is 1. The lowest BCUT2D eigenvalue weighted by Crippen LogP contribution is -2.45. The molecule has 2 rings (SSSR count). The maximum absolute atomic E-state index is 6.00. The highest BCUT2D eigenvalue weighted by Crippen LogP contribution is 2.30. The molecule has 2 aliphatic heterocycles. The van der Waals surface area contributed by atoms with E-state index >= 15 is 0 Å². The van der Waals surface area contributed by atoms with Crippen LogP contribution in [0.2, 0.25) is 0 Å². The Hall–Kier alpha value is -0.120. The highest BCUT2D eigenvalue weighted by atomic mass is 16.5. The molecule has 88 valence electrons. The van der Waals surface area contributed by atoms with Crippen molar-refractivity contribution >= 4 is 0 Å². The van der Waals surface area contributed by atoms with E-state index < -0.39 is 0 Å². The van der Waals surface area contributed by atoms with Gasteiger partial charge in [0.2, 0.25) is 0 Å². The lowest BCUT2D eigenvalue weighted by atomic mass is 10.0. The minimum atomic E-state index is 0.0998. The van der Waals surface area contributed by atoms with Crippen LogP contribution in [0.4, 0.5) is 0 Å². The van der Waals surface area contributed by atoms with Crippen LogP contribution in [-0.4, -0.2) is 42.3 Å². The van der Waals surface area contributed by atoms with Crippen molar-refractivity contribution in [2.24, 2.45) is 5.73 Å². The molecule has 3 nitrogen and oxygen atoms in total. The van der Waals surface area contributed by atoms with Crippen LogP contribution < -0.4 is 5.73 Å². The molecule has 2 saturated heterocycles. The second-order valence-electron chi connectivity index (χ2n) is 5.70. The normalized spacial score (nSPS) is 37.0. The number of nitrogens with two attached hydrogens (primary N) is 1. The molecule has 3 heteroatoms. The van der Waals surface area contributed by atoms with Gasteiger partial charge in [-0.2, -0.15) is 0 Å². The summed E-state index contributed by atoms with van der Waals surface area (Å²) in [6.45, 7) is 7.72. The third kappa shape index (κ3) is 3.16. The second kappa shape index (κ2) is 4.40. The Balaban J connectivity index is 1.77. The van der Waals surface area contributed by atoms with Crippen LogP contribution in [0.5, 0.6) is 0 Å². The number of nitrogens with zero attached hydrogens (tertiary/aromatic N) is 1. The van der Waals surface area contributed by atoms with Crippen LogP contribution in [-0.2, 0) is 4.74 Å². The van der Waals surface area contributed by atoms with Crippen molar-refractivity contribution in [3.05, 3.63) is 0 Å². The molecule has 0 bridgehead atoms. The Labute approximate surface area is 93.0 Å². The number of likely N-dealkylation sites (tertiary alicyclic amines) is 1. The van der Waals surface area contributed by atoms with Crippen molar-refractivity contribution < 1.29 is 4.74 Å². The van der Waals surface area contributed by atoms with Crippen LogP contribution in [0.3, 0.4) is 0 Å². The largest absolute Gasteiger partial charge is 0.371 e. The highest BCUT2D eigenvalue weighted by Gasteiger charge is 2.33. The van der Waals surface area contributed by atoms with Crippen LogP contribution in [0.25, 0.3) is 0 Å². The predicted octanol–water partition coefficient (Wildman–Crippen LogP) is 1.37. The average Bonchev–Trinajstić information content (AvgIpc) is 2.45. The first-order chi connectivity index (χ1) is 7.05. The van der Waals surface area contributed by atoms with E-state index in [1.807, 2.05) is 0 Å². The zero-order valence-electron chi connectivity index (χ0n) is 10.0. The third-order valence-electron chi connectivity index (χ3n) is 3.56. The Bertz CT molecular complexity index is 218. The van der Waals surface area contributed by atoms with Gasteiger partial charge in [0.25, 0.3) is 0 Å². The summed E-state index contributed by atoms with van der Waals surface area (Å²) in [5.74, 6) is 0. The maximum Gasteiger partial charge on any atom is 0.0710 e. The van der Waals surface area contributed by atoms with Gasteiger partial charge in [-0.3, -0.25) is 4.90 Å². The predicted molar refractivity (Wildman–Crippen MR) is 61.8 cm³/mol. The Morgan fingerprint density at radius 2 is 2.20 bits per heavy atom. The number of rotatable bonds is 2.